The SMILES string of the molecule is CCC(C)(C(NC)C1CCOC2(CCOCC2)C1)N(C)C. The highest BCUT2D eigenvalue weighted by Gasteiger charge is 2.45. The molecule has 2 aliphatic rings. The molecule has 0 amide bonds. The number of likely N-dealkylation sites (N-methyl/N-ethyl adjacent to an activating group) is 2. The molecule has 0 aromatic rings. The Kier molecular flexibility index (Phi) is 5.69. The van der Waals surface area contributed by atoms with E-state index in [2.05, 4.69) is 45.2 Å². The molecule has 0 aliphatic carbocycles. The molecule has 3 atom stereocenters. The Balaban J connectivity index is 2.14. The van der Waals surface area contributed by atoms with Gasteiger partial charge in [-0.2, -0.15) is 0 Å². The molecule has 0 bridgehead atoms. The molecule has 2 rings (SSSR count). The van der Waals surface area contributed by atoms with Crippen molar-refractivity contribution in [2.75, 3.05) is 41.0 Å². The average Bonchev–Trinajstić information content (AvgIpc) is 2.48. The van der Waals surface area contributed by atoms with Gasteiger partial charge < -0.3 is 19.7 Å². The van der Waals surface area contributed by atoms with E-state index in [0.29, 0.717) is 12.0 Å². The Morgan fingerprint density at radius 2 is 1.95 bits per heavy atom. The monoisotopic (exact) mass is 298 g/mol. The lowest BCUT2D eigenvalue weighted by atomic mass is 9.71. The van der Waals surface area contributed by atoms with Gasteiger partial charge in [0.05, 0.1) is 5.60 Å². The molecule has 2 aliphatic heterocycles. The van der Waals surface area contributed by atoms with Gasteiger partial charge in [0, 0.05) is 31.4 Å². The largest absolute Gasteiger partial charge is 0.381 e. The molecule has 3 unspecified atom stereocenters. The first kappa shape index (κ1) is 17.2. The molecule has 124 valence electrons. The number of hydrogen-bond donors (Lipinski definition) is 1. The number of hydrogen-bond acceptors (Lipinski definition) is 4. The zero-order valence-corrected chi connectivity index (χ0v) is 14.6. The van der Waals surface area contributed by atoms with Crippen LogP contribution < -0.4 is 5.32 Å². The number of nitrogens with zero attached hydrogens (tertiary/aromatic N) is 1. The van der Waals surface area contributed by atoms with E-state index >= 15 is 0 Å². The Labute approximate surface area is 130 Å². The lowest BCUT2D eigenvalue weighted by Crippen LogP contribution is -2.61. The minimum absolute atomic E-state index is 0.0806. The van der Waals surface area contributed by atoms with E-state index in [4.69, 9.17) is 9.47 Å². The fourth-order valence-electron chi connectivity index (χ4n) is 4.31. The molecule has 0 saturated carbocycles. The fourth-order valence-corrected chi connectivity index (χ4v) is 4.31. The predicted octanol–water partition coefficient (Wildman–Crippen LogP) is 2.28. The van der Waals surface area contributed by atoms with E-state index in [0.717, 1.165) is 45.5 Å². The van der Waals surface area contributed by atoms with Crippen LogP contribution in [-0.4, -0.2) is 63.0 Å². The normalized spacial score (nSPS) is 30.3. The molecule has 4 heteroatoms. The first-order chi connectivity index (χ1) is 9.97. The summed E-state index contributed by atoms with van der Waals surface area (Å²) in [4.78, 5) is 2.39. The Hall–Kier alpha value is -0.160. The van der Waals surface area contributed by atoms with Crippen LogP contribution in [0.25, 0.3) is 0 Å². The van der Waals surface area contributed by atoms with Crippen molar-refractivity contribution in [1.82, 2.24) is 10.2 Å². The minimum atomic E-state index is 0.0806. The second kappa shape index (κ2) is 6.95. The number of nitrogens with one attached hydrogen (secondary N) is 1. The molecular formula is C17H34N2O2. The van der Waals surface area contributed by atoms with Gasteiger partial charge >= 0.3 is 0 Å². The fraction of sp³-hybridized carbons (Fsp3) is 1.00. The summed E-state index contributed by atoms with van der Waals surface area (Å²) in [5, 5.41) is 3.64. The first-order valence-electron chi connectivity index (χ1n) is 8.54. The Bertz CT molecular complexity index is 323. The molecule has 2 saturated heterocycles. The van der Waals surface area contributed by atoms with E-state index in [1.165, 1.54) is 6.42 Å². The summed E-state index contributed by atoms with van der Waals surface area (Å²) in [5.41, 5.74) is 0.264. The second-order valence-corrected chi connectivity index (χ2v) is 7.27. The van der Waals surface area contributed by atoms with Crippen molar-refractivity contribution in [3.8, 4) is 0 Å². The van der Waals surface area contributed by atoms with Gasteiger partial charge in [-0.25, -0.2) is 0 Å². The highest BCUT2D eigenvalue weighted by Crippen LogP contribution is 2.41. The highest BCUT2D eigenvalue weighted by atomic mass is 16.5. The quantitative estimate of drug-likeness (QED) is 0.844. The Morgan fingerprint density at radius 3 is 2.48 bits per heavy atom. The smallest absolute Gasteiger partial charge is 0.0729 e. The molecule has 2 fully saturated rings. The third-order valence-corrected chi connectivity index (χ3v) is 6.12. The maximum absolute atomic E-state index is 6.22. The van der Waals surface area contributed by atoms with Crippen molar-refractivity contribution in [2.24, 2.45) is 5.92 Å². The van der Waals surface area contributed by atoms with Crippen molar-refractivity contribution in [3.05, 3.63) is 0 Å². The second-order valence-electron chi connectivity index (χ2n) is 7.27. The van der Waals surface area contributed by atoms with Gasteiger partial charge in [0.15, 0.2) is 0 Å². The maximum Gasteiger partial charge on any atom is 0.0729 e. The van der Waals surface area contributed by atoms with Gasteiger partial charge in [0.1, 0.15) is 0 Å². The van der Waals surface area contributed by atoms with Crippen molar-refractivity contribution in [1.29, 1.82) is 0 Å². The number of ether oxygens (including phenoxy) is 2. The summed E-state index contributed by atoms with van der Waals surface area (Å²) in [5.74, 6) is 0.675. The lowest BCUT2D eigenvalue weighted by molar-refractivity contribution is -0.154. The van der Waals surface area contributed by atoms with Gasteiger partial charge in [0.25, 0.3) is 0 Å². The van der Waals surface area contributed by atoms with Crippen LogP contribution in [0.5, 0.6) is 0 Å². The van der Waals surface area contributed by atoms with Crippen LogP contribution in [0.1, 0.15) is 46.0 Å². The number of rotatable bonds is 5. The van der Waals surface area contributed by atoms with E-state index in [9.17, 15) is 0 Å². The molecule has 4 nitrogen and oxygen atoms in total. The minimum Gasteiger partial charge on any atom is -0.381 e. The summed E-state index contributed by atoms with van der Waals surface area (Å²) in [6.07, 6.45) is 5.61. The molecule has 1 spiro atoms. The van der Waals surface area contributed by atoms with Crippen LogP contribution in [-0.2, 0) is 9.47 Å². The van der Waals surface area contributed by atoms with Crippen molar-refractivity contribution in [3.63, 3.8) is 0 Å². The molecule has 0 aromatic carbocycles. The zero-order valence-electron chi connectivity index (χ0n) is 14.6. The average molecular weight is 298 g/mol. The molecule has 2 heterocycles. The molecule has 0 radical (unpaired) electrons. The van der Waals surface area contributed by atoms with Gasteiger partial charge in [-0.15, -0.1) is 0 Å². The zero-order chi connectivity index (χ0) is 15.5. The third kappa shape index (κ3) is 3.44. The summed E-state index contributed by atoms with van der Waals surface area (Å²) < 4.78 is 11.8. The summed E-state index contributed by atoms with van der Waals surface area (Å²) in [6.45, 7) is 7.30. The van der Waals surface area contributed by atoms with Crippen LogP contribution in [0.3, 0.4) is 0 Å². The van der Waals surface area contributed by atoms with E-state index in [1.807, 2.05) is 0 Å². The summed E-state index contributed by atoms with van der Waals surface area (Å²) in [6, 6.07) is 0.501. The van der Waals surface area contributed by atoms with Crippen LogP contribution in [0.4, 0.5) is 0 Å². The van der Waals surface area contributed by atoms with Crippen LogP contribution in [0.2, 0.25) is 0 Å². The van der Waals surface area contributed by atoms with Gasteiger partial charge in [-0.3, -0.25) is 0 Å². The van der Waals surface area contributed by atoms with Crippen molar-refractivity contribution in [2.45, 2.75) is 63.1 Å². The van der Waals surface area contributed by atoms with Gasteiger partial charge in [0.2, 0.25) is 0 Å². The Morgan fingerprint density at radius 1 is 1.29 bits per heavy atom. The van der Waals surface area contributed by atoms with Crippen LogP contribution >= 0.6 is 0 Å². The lowest BCUT2D eigenvalue weighted by Gasteiger charge is -2.51. The molecular weight excluding hydrogens is 264 g/mol. The van der Waals surface area contributed by atoms with E-state index in [-0.39, 0.29) is 11.1 Å². The third-order valence-electron chi connectivity index (χ3n) is 6.12. The van der Waals surface area contributed by atoms with Crippen LogP contribution in [0.15, 0.2) is 0 Å². The predicted molar refractivity (Wildman–Crippen MR) is 86.7 cm³/mol. The topological polar surface area (TPSA) is 33.7 Å². The van der Waals surface area contributed by atoms with Gasteiger partial charge in [-0.1, -0.05) is 6.92 Å². The highest BCUT2D eigenvalue weighted by molar-refractivity contribution is 5.01. The van der Waals surface area contributed by atoms with Crippen molar-refractivity contribution < 1.29 is 9.47 Å². The standard InChI is InChI=1S/C17H34N2O2/c1-6-16(2,19(4)5)15(18-3)14-7-10-21-17(13-14)8-11-20-12-9-17/h14-15,18H,6-13H2,1-5H3. The molecule has 1 N–H and O–H groups in total. The van der Waals surface area contributed by atoms with Crippen molar-refractivity contribution >= 4 is 0 Å². The van der Waals surface area contributed by atoms with E-state index in [1.54, 1.807) is 0 Å². The van der Waals surface area contributed by atoms with Gasteiger partial charge in [-0.05, 0) is 66.1 Å². The molecule has 21 heavy (non-hydrogen) atoms. The summed E-state index contributed by atoms with van der Waals surface area (Å²) >= 11 is 0. The molecule has 0 aromatic heterocycles. The van der Waals surface area contributed by atoms with Crippen LogP contribution in [0, 0.1) is 5.92 Å². The maximum atomic E-state index is 6.22. The van der Waals surface area contributed by atoms with E-state index < -0.39 is 0 Å². The summed E-state index contributed by atoms with van der Waals surface area (Å²) in [7, 11) is 6.53. The first-order valence-corrected chi connectivity index (χ1v) is 8.54.